The zero-order valence-electron chi connectivity index (χ0n) is 15.8. The smallest absolute Gasteiger partial charge is 0.255 e. The molecule has 0 aliphatic carbocycles. The van der Waals surface area contributed by atoms with Crippen molar-refractivity contribution < 1.29 is 9.59 Å². The summed E-state index contributed by atoms with van der Waals surface area (Å²) in [5.74, 6) is -0.0426. The van der Waals surface area contributed by atoms with Gasteiger partial charge in [0.2, 0.25) is 5.91 Å². The van der Waals surface area contributed by atoms with Crippen molar-refractivity contribution in [1.29, 1.82) is 0 Å². The Labute approximate surface area is 168 Å². The molecule has 3 aromatic rings. The molecule has 3 rings (SSSR count). The summed E-state index contributed by atoms with van der Waals surface area (Å²) in [6.07, 6.45) is 4.45. The van der Waals surface area contributed by atoms with Gasteiger partial charge in [0.1, 0.15) is 0 Å². The van der Waals surface area contributed by atoms with Gasteiger partial charge in [0.15, 0.2) is 5.16 Å². The number of aromatic nitrogens is 2. The van der Waals surface area contributed by atoms with Gasteiger partial charge in [-0.25, -0.2) is 4.98 Å². The maximum Gasteiger partial charge on any atom is 0.255 e. The van der Waals surface area contributed by atoms with Crippen LogP contribution in [0.25, 0.3) is 0 Å². The Hall–Kier alpha value is -3.06. The molecule has 0 unspecified atom stereocenters. The number of hydrogen-bond acceptors (Lipinski definition) is 4. The summed E-state index contributed by atoms with van der Waals surface area (Å²) in [6, 6.07) is 14.6. The highest BCUT2D eigenvalue weighted by Gasteiger charge is 2.09. The second-order valence-corrected chi connectivity index (χ2v) is 7.19. The van der Waals surface area contributed by atoms with Crippen LogP contribution in [0.1, 0.15) is 22.8 Å². The number of carbonyl (C=O) groups is 2. The molecule has 2 N–H and O–H groups in total. The molecular weight excluding hydrogens is 372 g/mol. The van der Waals surface area contributed by atoms with Crippen LogP contribution in [-0.2, 0) is 18.3 Å². The topological polar surface area (TPSA) is 76.0 Å². The molecule has 144 valence electrons. The lowest BCUT2D eigenvalue weighted by Gasteiger charge is -2.08. The number of hydrogen-bond donors (Lipinski definition) is 2. The van der Waals surface area contributed by atoms with Gasteiger partial charge in [0.25, 0.3) is 5.91 Å². The van der Waals surface area contributed by atoms with Crippen LogP contribution in [-0.4, -0.2) is 27.1 Å². The standard InChI is InChI=1S/C21H22N4O2S/c1-3-15-5-4-6-18(13-15)24-20(27)16-7-9-17(10-8-16)23-19(26)14-28-21-22-11-12-25(21)2/h4-13H,3,14H2,1-2H3,(H,23,26)(H,24,27). The SMILES string of the molecule is CCc1cccc(NC(=O)c2ccc(NC(=O)CSc3nccn3C)cc2)c1. The first-order valence-electron chi connectivity index (χ1n) is 8.95. The van der Waals surface area contributed by atoms with Gasteiger partial charge in [-0.3, -0.25) is 9.59 Å². The molecule has 2 aromatic carbocycles. The van der Waals surface area contributed by atoms with Gasteiger partial charge in [0.05, 0.1) is 5.75 Å². The van der Waals surface area contributed by atoms with Crippen molar-refractivity contribution in [2.75, 3.05) is 16.4 Å². The zero-order valence-corrected chi connectivity index (χ0v) is 16.6. The lowest BCUT2D eigenvalue weighted by Crippen LogP contribution is -2.15. The Kier molecular flexibility index (Phi) is 6.49. The summed E-state index contributed by atoms with van der Waals surface area (Å²) in [5.41, 5.74) is 3.12. The number of carbonyl (C=O) groups excluding carboxylic acids is 2. The molecule has 0 atom stereocenters. The van der Waals surface area contributed by atoms with Crippen molar-refractivity contribution >= 4 is 35.0 Å². The highest BCUT2D eigenvalue weighted by atomic mass is 32.2. The van der Waals surface area contributed by atoms with Crippen LogP contribution in [0.3, 0.4) is 0 Å². The van der Waals surface area contributed by atoms with Crippen LogP contribution in [0.4, 0.5) is 11.4 Å². The molecular formula is C21H22N4O2S. The average Bonchev–Trinajstić information content (AvgIpc) is 3.12. The van der Waals surface area contributed by atoms with E-state index in [1.54, 1.807) is 30.5 Å². The van der Waals surface area contributed by atoms with E-state index in [0.717, 1.165) is 17.3 Å². The molecule has 0 saturated carbocycles. The zero-order chi connectivity index (χ0) is 19.9. The molecule has 7 heteroatoms. The van der Waals surface area contributed by atoms with Gasteiger partial charge in [-0.2, -0.15) is 0 Å². The fourth-order valence-electron chi connectivity index (χ4n) is 2.60. The number of thioether (sulfide) groups is 1. The summed E-state index contributed by atoms with van der Waals surface area (Å²) in [7, 11) is 1.88. The fraction of sp³-hybridized carbons (Fsp3) is 0.190. The van der Waals surface area contributed by atoms with Crippen LogP contribution >= 0.6 is 11.8 Å². The van der Waals surface area contributed by atoms with Gasteiger partial charge in [-0.15, -0.1) is 0 Å². The van der Waals surface area contributed by atoms with E-state index in [0.29, 0.717) is 11.3 Å². The normalized spacial score (nSPS) is 10.5. The first kappa shape index (κ1) is 19.7. The van der Waals surface area contributed by atoms with E-state index in [9.17, 15) is 9.59 Å². The second kappa shape index (κ2) is 9.23. The third-order valence-corrected chi connectivity index (χ3v) is 5.19. The third-order valence-electron chi connectivity index (χ3n) is 4.13. The maximum atomic E-state index is 12.4. The second-order valence-electron chi connectivity index (χ2n) is 6.24. The van der Waals surface area contributed by atoms with Gasteiger partial charge in [0, 0.05) is 36.4 Å². The quantitative estimate of drug-likeness (QED) is 0.595. The molecule has 0 radical (unpaired) electrons. The van der Waals surface area contributed by atoms with Crippen LogP contribution in [0.15, 0.2) is 66.1 Å². The number of nitrogens with one attached hydrogen (secondary N) is 2. The molecule has 6 nitrogen and oxygen atoms in total. The predicted octanol–water partition coefficient (Wildman–Crippen LogP) is 3.97. The lowest BCUT2D eigenvalue weighted by atomic mass is 10.1. The Bertz CT molecular complexity index is 967. The maximum absolute atomic E-state index is 12.4. The first-order chi connectivity index (χ1) is 13.5. The summed E-state index contributed by atoms with van der Waals surface area (Å²) in [4.78, 5) is 28.7. The van der Waals surface area contributed by atoms with Crippen molar-refractivity contribution in [2.24, 2.45) is 7.05 Å². The predicted molar refractivity (Wildman–Crippen MR) is 113 cm³/mol. The van der Waals surface area contributed by atoms with Crippen molar-refractivity contribution in [3.8, 4) is 0 Å². The minimum atomic E-state index is -0.184. The van der Waals surface area contributed by atoms with Gasteiger partial charge < -0.3 is 15.2 Å². The van der Waals surface area contributed by atoms with Crippen molar-refractivity contribution in [2.45, 2.75) is 18.5 Å². The number of rotatable bonds is 7. The van der Waals surface area contributed by atoms with E-state index in [1.165, 1.54) is 17.3 Å². The number of benzene rings is 2. The number of amides is 2. The van der Waals surface area contributed by atoms with Crippen LogP contribution in [0.5, 0.6) is 0 Å². The minimum absolute atomic E-state index is 0.124. The molecule has 1 aromatic heterocycles. The molecule has 0 aliphatic rings. The molecule has 2 amide bonds. The van der Waals surface area contributed by atoms with E-state index in [4.69, 9.17) is 0 Å². The third kappa shape index (κ3) is 5.23. The molecule has 0 aliphatic heterocycles. The van der Waals surface area contributed by atoms with Crippen LogP contribution < -0.4 is 10.6 Å². The monoisotopic (exact) mass is 394 g/mol. The van der Waals surface area contributed by atoms with E-state index >= 15 is 0 Å². The van der Waals surface area contributed by atoms with E-state index in [-0.39, 0.29) is 17.6 Å². The van der Waals surface area contributed by atoms with E-state index in [1.807, 2.05) is 42.1 Å². The Morgan fingerprint density at radius 3 is 2.54 bits per heavy atom. The van der Waals surface area contributed by atoms with Gasteiger partial charge in [-0.05, 0) is 48.4 Å². The number of imidazole rings is 1. The fourth-order valence-corrected chi connectivity index (χ4v) is 3.33. The molecule has 0 saturated heterocycles. The minimum Gasteiger partial charge on any atom is -0.329 e. The summed E-state index contributed by atoms with van der Waals surface area (Å²) >= 11 is 1.37. The average molecular weight is 395 g/mol. The summed E-state index contributed by atoms with van der Waals surface area (Å²) in [6.45, 7) is 2.07. The summed E-state index contributed by atoms with van der Waals surface area (Å²) in [5, 5.41) is 6.51. The Balaban J connectivity index is 1.54. The number of aryl methyl sites for hydroxylation is 2. The highest BCUT2D eigenvalue weighted by molar-refractivity contribution is 7.99. The highest BCUT2D eigenvalue weighted by Crippen LogP contribution is 2.17. The van der Waals surface area contributed by atoms with Crippen molar-refractivity contribution in [1.82, 2.24) is 9.55 Å². The molecule has 1 heterocycles. The number of nitrogens with zero attached hydrogens (tertiary/aromatic N) is 2. The largest absolute Gasteiger partial charge is 0.329 e. The van der Waals surface area contributed by atoms with E-state index < -0.39 is 0 Å². The summed E-state index contributed by atoms with van der Waals surface area (Å²) < 4.78 is 1.86. The van der Waals surface area contributed by atoms with Gasteiger partial charge in [-0.1, -0.05) is 30.8 Å². The van der Waals surface area contributed by atoms with E-state index in [2.05, 4.69) is 22.5 Å². The molecule has 0 bridgehead atoms. The van der Waals surface area contributed by atoms with Crippen molar-refractivity contribution in [3.05, 3.63) is 72.1 Å². The molecule has 28 heavy (non-hydrogen) atoms. The molecule has 0 fully saturated rings. The molecule has 0 spiro atoms. The number of anilines is 2. The Morgan fingerprint density at radius 1 is 1.07 bits per heavy atom. The first-order valence-corrected chi connectivity index (χ1v) is 9.94. The lowest BCUT2D eigenvalue weighted by molar-refractivity contribution is -0.113. The van der Waals surface area contributed by atoms with Crippen LogP contribution in [0, 0.1) is 0 Å². The Morgan fingerprint density at radius 2 is 1.86 bits per heavy atom. The van der Waals surface area contributed by atoms with Gasteiger partial charge >= 0.3 is 0 Å². The van der Waals surface area contributed by atoms with Crippen molar-refractivity contribution in [3.63, 3.8) is 0 Å². The van der Waals surface area contributed by atoms with Crippen LogP contribution in [0.2, 0.25) is 0 Å².